The molecular formula is C16H13F6N3O2. The number of ether oxygens (including phenoxy) is 1. The lowest BCUT2D eigenvalue weighted by Gasteiger charge is -2.38. The van der Waals surface area contributed by atoms with Gasteiger partial charge in [0.15, 0.2) is 0 Å². The molecule has 5 nitrogen and oxygen atoms in total. The van der Waals surface area contributed by atoms with Crippen LogP contribution in [-0.2, 0) is 0 Å². The zero-order chi connectivity index (χ0) is 20.3. The van der Waals surface area contributed by atoms with E-state index in [0.29, 0.717) is 0 Å². The van der Waals surface area contributed by atoms with E-state index >= 15 is 0 Å². The minimum Gasteiger partial charge on any atom is -0.497 e. The van der Waals surface area contributed by atoms with E-state index in [0.717, 1.165) is 29.7 Å². The molecule has 0 saturated heterocycles. The molecule has 0 fully saturated rings. The summed E-state index contributed by atoms with van der Waals surface area (Å²) < 4.78 is 85.9. The van der Waals surface area contributed by atoms with E-state index in [-0.39, 0.29) is 5.75 Å². The first-order valence-electron chi connectivity index (χ1n) is 7.29. The predicted molar refractivity (Wildman–Crippen MR) is 83.2 cm³/mol. The predicted octanol–water partition coefficient (Wildman–Crippen LogP) is 3.75. The number of hydrogen-bond acceptors (Lipinski definition) is 4. The number of nitrogens with one attached hydrogen (secondary N) is 2. The minimum absolute atomic E-state index is 0.274. The number of amides is 1. The number of rotatable bonds is 5. The van der Waals surface area contributed by atoms with Crippen LogP contribution < -0.4 is 15.4 Å². The molecule has 0 radical (unpaired) electrons. The molecule has 1 heterocycles. The third-order valence-corrected chi connectivity index (χ3v) is 3.48. The monoisotopic (exact) mass is 393 g/mol. The maximum Gasteiger partial charge on any atom is 0.439 e. The number of hydrogen-bond donors (Lipinski definition) is 2. The average Bonchev–Trinajstić information content (AvgIpc) is 2.60. The van der Waals surface area contributed by atoms with E-state index in [9.17, 15) is 31.1 Å². The molecule has 2 rings (SSSR count). The zero-order valence-electron chi connectivity index (χ0n) is 13.7. The van der Waals surface area contributed by atoms with Gasteiger partial charge in [-0.1, -0.05) is 6.07 Å². The molecule has 2 N–H and O–H groups in total. The number of methoxy groups -OCH3 is 1. The Hall–Kier alpha value is -2.98. The van der Waals surface area contributed by atoms with Crippen LogP contribution in [0, 0.1) is 0 Å². The fourth-order valence-electron chi connectivity index (χ4n) is 2.09. The Kier molecular flexibility index (Phi) is 5.52. The minimum atomic E-state index is -5.93. The zero-order valence-corrected chi connectivity index (χ0v) is 13.7. The quantitative estimate of drug-likeness (QED) is 0.600. The van der Waals surface area contributed by atoms with Crippen molar-refractivity contribution in [1.29, 1.82) is 0 Å². The highest BCUT2D eigenvalue weighted by Crippen LogP contribution is 2.43. The summed E-state index contributed by atoms with van der Waals surface area (Å²) in [6, 6.07) is 7.93. The van der Waals surface area contributed by atoms with Crippen LogP contribution in [0.15, 0.2) is 48.7 Å². The second-order valence-electron chi connectivity index (χ2n) is 5.27. The second kappa shape index (κ2) is 7.33. The Bertz CT molecular complexity index is 761. The van der Waals surface area contributed by atoms with Crippen LogP contribution in [0.3, 0.4) is 0 Å². The van der Waals surface area contributed by atoms with E-state index in [4.69, 9.17) is 4.74 Å². The van der Waals surface area contributed by atoms with Gasteiger partial charge in [-0.3, -0.25) is 4.79 Å². The van der Waals surface area contributed by atoms with Gasteiger partial charge >= 0.3 is 18.0 Å². The summed E-state index contributed by atoms with van der Waals surface area (Å²) in [7, 11) is 1.31. The van der Waals surface area contributed by atoms with Gasteiger partial charge in [-0.25, -0.2) is 4.98 Å². The normalized spacial score (nSPS) is 12.4. The Morgan fingerprint density at radius 1 is 0.963 bits per heavy atom. The standard InChI is InChI=1S/C16H13F6N3O2/c1-27-11-7-5-10(6-8-11)13(26)25-14(15(17,18)19,16(20,21)22)24-12-4-2-3-9-23-12/h2-9H,1H3,(H,23,24)(H,25,26). The SMILES string of the molecule is COc1ccc(C(=O)NC(Nc2ccccn2)(C(F)(F)F)C(F)(F)F)cc1. The van der Waals surface area contributed by atoms with Gasteiger partial charge in [0.25, 0.3) is 5.91 Å². The summed E-state index contributed by atoms with van der Waals surface area (Å²) in [6.07, 6.45) is -10.8. The molecule has 0 aliphatic carbocycles. The van der Waals surface area contributed by atoms with Crippen molar-refractivity contribution >= 4 is 11.7 Å². The summed E-state index contributed by atoms with van der Waals surface area (Å²) in [6.45, 7) is 0. The molecule has 0 unspecified atom stereocenters. The third kappa shape index (κ3) is 4.23. The fourth-order valence-corrected chi connectivity index (χ4v) is 2.09. The first-order chi connectivity index (χ1) is 12.5. The topological polar surface area (TPSA) is 63.2 Å². The van der Waals surface area contributed by atoms with E-state index in [1.807, 2.05) is 0 Å². The summed E-state index contributed by atoms with van der Waals surface area (Å²) in [4.78, 5) is 15.5. The van der Waals surface area contributed by atoms with Crippen LogP contribution in [0.1, 0.15) is 10.4 Å². The number of benzene rings is 1. The molecule has 146 valence electrons. The largest absolute Gasteiger partial charge is 0.497 e. The molecular weight excluding hydrogens is 380 g/mol. The van der Waals surface area contributed by atoms with E-state index in [1.165, 1.54) is 36.7 Å². The second-order valence-corrected chi connectivity index (χ2v) is 5.27. The van der Waals surface area contributed by atoms with Crippen LogP contribution >= 0.6 is 0 Å². The van der Waals surface area contributed by atoms with Crippen molar-refractivity contribution in [3.05, 3.63) is 54.2 Å². The molecule has 0 atom stereocenters. The molecule has 1 aromatic heterocycles. The number of halogens is 6. The number of pyridine rings is 1. The van der Waals surface area contributed by atoms with Crippen molar-refractivity contribution in [2.75, 3.05) is 12.4 Å². The Labute approximate surface area is 149 Å². The van der Waals surface area contributed by atoms with Gasteiger partial charge in [-0.05, 0) is 36.4 Å². The van der Waals surface area contributed by atoms with Crippen molar-refractivity contribution in [2.24, 2.45) is 0 Å². The van der Waals surface area contributed by atoms with Crippen LogP contribution in [-0.4, -0.2) is 36.0 Å². The molecule has 2 aromatic rings. The number of alkyl halides is 6. The van der Waals surface area contributed by atoms with Crippen molar-refractivity contribution < 1.29 is 35.9 Å². The van der Waals surface area contributed by atoms with Crippen LogP contribution in [0.25, 0.3) is 0 Å². The molecule has 27 heavy (non-hydrogen) atoms. The summed E-state index contributed by atoms with van der Waals surface area (Å²) in [5.74, 6) is -2.03. The first kappa shape index (κ1) is 20.3. The Balaban J connectivity index is 2.45. The number of carbonyl (C=O) groups is 1. The highest BCUT2D eigenvalue weighted by Gasteiger charge is 2.72. The van der Waals surface area contributed by atoms with Gasteiger partial charge in [0, 0.05) is 11.8 Å². The van der Waals surface area contributed by atoms with Gasteiger partial charge < -0.3 is 15.4 Å². The summed E-state index contributed by atoms with van der Waals surface area (Å²) in [5, 5.41) is 2.31. The fraction of sp³-hybridized carbons (Fsp3) is 0.250. The number of anilines is 1. The smallest absolute Gasteiger partial charge is 0.439 e. The van der Waals surface area contributed by atoms with Crippen LogP contribution in [0.5, 0.6) is 5.75 Å². The maximum atomic E-state index is 13.5. The Morgan fingerprint density at radius 2 is 1.56 bits per heavy atom. The first-order valence-corrected chi connectivity index (χ1v) is 7.29. The van der Waals surface area contributed by atoms with Gasteiger partial charge in [0.05, 0.1) is 7.11 Å². The van der Waals surface area contributed by atoms with Crippen molar-refractivity contribution in [2.45, 2.75) is 18.0 Å². The molecule has 1 aromatic carbocycles. The number of aromatic nitrogens is 1. The van der Waals surface area contributed by atoms with Gasteiger partial charge in [0.2, 0.25) is 0 Å². The van der Waals surface area contributed by atoms with Crippen molar-refractivity contribution in [1.82, 2.24) is 10.3 Å². The molecule has 0 bridgehead atoms. The van der Waals surface area contributed by atoms with E-state index in [1.54, 1.807) is 0 Å². The molecule has 0 saturated carbocycles. The highest BCUT2D eigenvalue weighted by atomic mass is 19.4. The number of nitrogens with zero attached hydrogens (tertiary/aromatic N) is 1. The lowest BCUT2D eigenvalue weighted by Crippen LogP contribution is -2.72. The maximum absolute atomic E-state index is 13.5. The van der Waals surface area contributed by atoms with Gasteiger partial charge in [-0.2, -0.15) is 26.3 Å². The molecule has 0 aliphatic heterocycles. The molecule has 0 aliphatic rings. The van der Waals surface area contributed by atoms with E-state index in [2.05, 4.69) is 4.98 Å². The Morgan fingerprint density at radius 3 is 2.00 bits per heavy atom. The van der Waals surface area contributed by atoms with Gasteiger partial charge in [-0.15, -0.1) is 0 Å². The average molecular weight is 393 g/mol. The summed E-state index contributed by atoms with van der Waals surface area (Å²) >= 11 is 0. The highest BCUT2D eigenvalue weighted by molar-refractivity contribution is 5.95. The van der Waals surface area contributed by atoms with Crippen LogP contribution in [0.2, 0.25) is 0 Å². The molecule has 1 amide bonds. The number of carbonyl (C=O) groups excluding carboxylic acids is 1. The van der Waals surface area contributed by atoms with Gasteiger partial charge in [0.1, 0.15) is 11.6 Å². The van der Waals surface area contributed by atoms with Crippen molar-refractivity contribution in [3.8, 4) is 5.75 Å². The van der Waals surface area contributed by atoms with Crippen LogP contribution in [0.4, 0.5) is 32.2 Å². The third-order valence-electron chi connectivity index (χ3n) is 3.48. The summed E-state index contributed by atoms with van der Waals surface area (Å²) in [5.41, 5.74) is -5.16. The van der Waals surface area contributed by atoms with E-state index < -0.39 is 35.3 Å². The molecule has 11 heteroatoms. The molecule has 0 spiro atoms. The lowest BCUT2D eigenvalue weighted by atomic mass is 10.1. The lowest BCUT2D eigenvalue weighted by molar-refractivity contribution is -0.294. The van der Waals surface area contributed by atoms with Crippen molar-refractivity contribution in [3.63, 3.8) is 0 Å².